The number of piperidine rings is 3. The van der Waals surface area contributed by atoms with Gasteiger partial charge in [-0.2, -0.15) is 0 Å². The van der Waals surface area contributed by atoms with E-state index in [9.17, 15) is 9.90 Å². The van der Waals surface area contributed by atoms with Crippen LogP contribution in [0.4, 0.5) is 0 Å². The quantitative estimate of drug-likeness (QED) is 0.227. The third-order valence-electron chi connectivity index (χ3n) is 9.24. The summed E-state index contributed by atoms with van der Waals surface area (Å²) in [5.41, 5.74) is 0. The molecule has 6 unspecified atom stereocenters. The number of hydrogen-bond acceptors (Lipinski definition) is 9. The van der Waals surface area contributed by atoms with Crippen molar-refractivity contribution in [1.82, 2.24) is 31.5 Å². The van der Waals surface area contributed by atoms with Gasteiger partial charge in [0.2, 0.25) is 5.91 Å². The van der Waals surface area contributed by atoms with Gasteiger partial charge in [0.15, 0.2) is 0 Å². The van der Waals surface area contributed by atoms with Gasteiger partial charge in [-0.1, -0.05) is 0 Å². The van der Waals surface area contributed by atoms with Gasteiger partial charge in [-0.15, -0.1) is 0 Å². The molecule has 212 valence electrons. The number of carbonyl (C=O) groups is 1. The molecule has 4 saturated heterocycles. The standard InChI is InChI=1S/C27H50N6O4/c34-23(13-31-27(35)20-3-9-30-26(12-20)32-22-4-7-28-8-5-22)16-33-10-6-19-11-24(2-1-21(19)15-33)36-17-25-14-29-18-37-25/h19-26,28-30,32,34H,1-18H2,(H,31,35)/t19?,20?,21?,23-,24?,25?,26?/m0/s1. The van der Waals surface area contributed by atoms with Crippen LogP contribution < -0.4 is 26.6 Å². The predicted octanol–water partition coefficient (Wildman–Crippen LogP) is -0.416. The maximum atomic E-state index is 12.9. The van der Waals surface area contributed by atoms with Gasteiger partial charge in [-0.3, -0.25) is 15.4 Å². The van der Waals surface area contributed by atoms with Gasteiger partial charge in [0.05, 0.1) is 37.8 Å². The van der Waals surface area contributed by atoms with E-state index in [2.05, 4.69) is 31.5 Å². The van der Waals surface area contributed by atoms with E-state index in [0.29, 0.717) is 44.5 Å². The Balaban J connectivity index is 0.965. The maximum Gasteiger partial charge on any atom is 0.223 e. The van der Waals surface area contributed by atoms with Crippen molar-refractivity contribution < 1.29 is 19.4 Å². The number of rotatable bonds is 10. The van der Waals surface area contributed by atoms with E-state index >= 15 is 0 Å². The lowest BCUT2D eigenvalue weighted by atomic mass is 9.74. The van der Waals surface area contributed by atoms with Gasteiger partial charge >= 0.3 is 0 Å². The van der Waals surface area contributed by atoms with E-state index in [-0.39, 0.29) is 24.1 Å². The Kier molecular flexibility index (Phi) is 10.5. The van der Waals surface area contributed by atoms with Gasteiger partial charge in [0.25, 0.3) is 0 Å². The van der Waals surface area contributed by atoms with Gasteiger partial charge in [-0.05, 0) is 89.4 Å². The molecule has 6 N–H and O–H groups in total. The molecule has 4 aliphatic heterocycles. The first kappa shape index (κ1) is 27.7. The Morgan fingerprint density at radius 3 is 2.78 bits per heavy atom. The van der Waals surface area contributed by atoms with Crippen LogP contribution in [0.5, 0.6) is 0 Å². The Morgan fingerprint density at radius 2 is 1.95 bits per heavy atom. The maximum absolute atomic E-state index is 12.9. The minimum Gasteiger partial charge on any atom is -0.390 e. The summed E-state index contributed by atoms with van der Waals surface area (Å²) in [6.07, 6.45) is 8.85. The molecule has 10 nitrogen and oxygen atoms in total. The van der Waals surface area contributed by atoms with Gasteiger partial charge < -0.3 is 35.4 Å². The summed E-state index contributed by atoms with van der Waals surface area (Å²) >= 11 is 0. The summed E-state index contributed by atoms with van der Waals surface area (Å²) in [6.45, 7) is 8.28. The fraction of sp³-hybridized carbons (Fsp3) is 0.963. The number of ether oxygens (including phenoxy) is 2. The van der Waals surface area contributed by atoms with E-state index in [1.54, 1.807) is 0 Å². The van der Waals surface area contributed by atoms with Crippen molar-refractivity contribution in [3.8, 4) is 0 Å². The second-order valence-corrected chi connectivity index (χ2v) is 12.0. The average Bonchev–Trinajstić information content (AvgIpc) is 3.45. The highest BCUT2D eigenvalue weighted by Gasteiger charge is 2.36. The van der Waals surface area contributed by atoms with Crippen molar-refractivity contribution in [2.24, 2.45) is 17.8 Å². The highest BCUT2D eigenvalue weighted by Crippen LogP contribution is 2.37. The van der Waals surface area contributed by atoms with Crippen LogP contribution in [-0.4, -0.2) is 112 Å². The summed E-state index contributed by atoms with van der Waals surface area (Å²) in [4.78, 5) is 15.3. The predicted molar refractivity (Wildman–Crippen MR) is 142 cm³/mol. The Labute approximate surface area is 222 Å². The van der Waals surface area contributed by atoms with E-state index in [1.165, 1.54) is 12.8 Å². The molecule has 1 amide bonds. The molecular formula is C27H50N6O4. The number of likely N-dealkylation sites (tertiary alicyclic amines) is 1. The number of fused-ring (bicyclic) bond motifs is 1. The molecule has 0 aromatic rings. The number of aliphatic hydroxyl groups excluding tert-OH is 1. The minimum absolute atomic E-state index is 0.0114. The van der Waals surface area contributed by atoms with Crippen LogP contribution in [0.25, 0.3) is 0 Å². The molecule has 0 aromatic carbocycles. The van der Waals surface area contributed by atoms with Crippen molar-refractivity contribution in [3.63, 3.8) is 0 Å². The number of hydrogen-bond donors (Lipinski definition) is 6. The van der Waals surface area contributed by atoms with Crippen LogP contribution in [0.3, 0.4) is 0 Å². The Hall–Kier alpha value is -0.850. The van der Waals surface area contributed by atoms with Gasteiger partial charge in [0.1, 0.15) is 0 Å². The van der Waals surface area contributed by atoms with E-state index in [1.807, 2.05) is 0 Å². The molecule has 0 radical (unpaired) electrons. The summed E-state index contributed by atoms with van der Waals surface area (Å²) in [5.74, 6) is 1.52. The minimum atomic E-state index is -0.523. The second kappa shape index (κ2) is 14.0. The normalized spacial score (nSPS) is 36.7. The fourth-order valence-corrected chi connectivity index (χ4v) is 7.05. The number of β-amino-alcohol motifs (C(OH)–C–C–N with tert-alkyl or cyclic N) is 1. The van der Waals surface area contributed by atoms with Crippen LogP contribution >= 0.6 is 0 Å². The van der Waals surface area contributed by atoms with Crippen LogP contribution in [0.15, 0.2) is 0 Å². The van der Waals surface area contributed by atoms with E-state index in [4.69, 9.17) is 9.47 Å². The first-order valence-electron chi connectivity index (χ1n) is 14.9. The molecule has 7 atom stereocenters. The molecule has 5 rings (SSSR count). The second-order valence-electron chi connectivity index (χ2n) is 12.0. The largest absolute Gasteiger partial charge is 0.390 e. The number of aliphatic hydroxyl groups is 1. The van der Waals surface area contributed by atoms with Crippen molar-refractivity contribution in [1.29, 1.82) is 0 Å². The van der Waals surface area contributed by atoms with Crippen molar-refractivity contribution >= 4 is 5.91 Å². The third kappa shape index (κ3) is 8.32. The van der Waals surface area contributed by atoms with Crippen molar-refractivity contribution in [2.45, 2.75) is 81.9 Å². The summed E-state index contributed by atoms with van der Waals surface area (Å²) in [6, 6.07) is 0.526. The number of amides is 1. The van der Waals surface area contributed by atoms with Crippen LogP contribution in [0.1, 0.15) is 51.4 Å². The lowest BCUT2D eigenvalue weighted by molar-refractivity contribution is -0.126. The average molecular weight is 523 g/mol. The number of carbonyl (C=O) groups excluding carboxylic acids is 1. The van der Waals surface area contributed by atoms with Crippen molar-refractivity contribution in [3.05, 3.63) is 0 Å². The summed E-state index contributed by atoms with van der Waals surface area (Å²) in [5, 5.41) is 27.6. The van der Waals surface area contributed by atoms with E-state index in [0.717, 1.165) is 83.7 Å². The molecule has 37 heavy (non-hydrogen) atoms. The summed E-state index contributed by atoms with van der Waals surface area (Å²) < 4.78 is 11.8. The zero-order valence-electron chi connectivity index (χ0n) is 22.5. The summed E-state index contributed by atoms with van der Waals surface area (Å²) in [7, 11) is 0. The van der Waals surface area contributed by atoms with Crippen LogP contribution in [0, 0.1) is 17.8 Å². The smallest absolute Gasteiger partial charge is 0.223 e. The molecule has 1 aliphatic carbocycles. The van der Waals surface area contributed by atoms with Gasteiger partial charge in [0, 0.05) is 38.1 Å². The third-order valence-corrected chi connectivity index (χ3v) is 9.24. The number of nitrogens with one attached hydrogen (secondary N) is 5. The zero-order chi connectivity index (χ0) is 25.5. The Bertz CT molecular complexity index is 704. The highest BCUT2D eigenvalue weighted by molar-refractivity contribution is 5.78. The van der Waals surface area contributed by atoms with Gasteiger partial charge in [-0.25, -0.2) is 0 Å². The molecule has 4 heterocycles. The zero-order valence-corrected chi connectivity index (χ0v) is 22.5. The molecule has 5 aliphatic rings. The monoisotopic (exact) mass is 522 g/mol. The first-order valence-corrected chi connectivity index (χ1v) is 14.9. The molecule has 5 fully saturated rings. The van der Waals surface area contributed by atoms with Crippen LogP contribution in [0.2, 0.25) is 0 Å². The SMILES string of the molecule is O=C(NC[C@H](O)CN1CCC2CC(OCC3CNCO3)CCC2C1)C1CCNC(NC2CCNCC2)C1. The number of nitrogens with zero attached hydrogens (tertiary/aromatic N) is 1. The van der Waals surface area contributed by atoms with Crippen molar-refractivity contribution in [2.75, 3.05) is 65.7 Å². The van der Waals surface area contributed by atoms with E-state index < -0.39 is 6.10 Å². The Morgan fingerprint density at radius 1 is 1.05 bits per heavy atom. The topological polar surface area (TPSA) is 119 Å². The molecule has 1 saturated carbocycles. The lowest BCUT2D eigenvalue weighted by Gasteiger charge is -2.44. The van der Waals surface area contributed by atoms with Crippen LogP contribution in [-0.2, 0) is 14.3 Å². The fourth-order valence-electron chi connectivity index (χ4n) is 7.05. The first-order chi connectivity index (χ1) is 18.1. The lowest BCUT2D eigenvalue weighted by Crippen LogP contribution is -2.55. The molecule has 0 bridgehead atoms. The molecule has 0 aromatic heterocycles. The molecule has 10 heteroatoms. The molecule has 0 spiro atoms. The molecular weight excluding hydrogens is 472 g/mol. The highest BCUT2D eigenvalue weighted by atomic mass is 16.5.